The molecule has 4 atom stereocenters. The first-order valence-corrected chi connectivity index (χ1v) is 10.4. The summed E-state index contributed by atoms with van der Waals surface area (Å²) in [6.45, 7) is 3.74. The van der Waals surface area contributed by atoms with E-state index in [1.165, 1.54) is 26.0 Å². The highest BCUT2D eigenvalue weighted by Gasteiger charge is 2.47. The molecule has 0 radical (unpaired) electrons. The summed E-state index contributed by atoms with van der Waals surface area (Å²) in [6.07, 6.45) is 1.88. The molecule has 0 bridgehead atoms. The van der Waals surface area contributed by atoms with E-state index in [0.717, 1.165) is 18.4 Å². The van der Waals surface area contributed by atoms with Gasteiger partial charge < -0.3 is 9.47 Å². The van der Waals surface area contributed by atoms with E-state index in [2.05, 4.69) is 0 Å². The van der Waals surface area contributed by atoms with Crippen molar-refractivity contribution in [3.8, 4) is 0 Å². The summed E-state index contributed by atoms with van der Waals surface area (Å²) in [6, 6.07) is 6.10. The van der Waals surface area contributed by atoms with Crippen LogP contribution in [0, 0.1) is 18.3 Å². The molecule has 0 amide bonds. The molecule has 4 unspecified atom stereocenters. The minimum Gasteiger partial charge on any atom is -0.435 e. The number of hydrogen-bond acceptors (Lipinski definition) is 7. The zero-order valence-corrected chi connectivity index (χ0v) is 16.5. The van der Waals surface area contributed by atoms with Gasteiger partial charge in [-0.15, -0.1) is 0 Å². The molecule has 27 heavy (non-hydrogen) atoms. The third kappa shape index (κ3) is 4.39. The zero-order valence-electron chi connectivity index (χ0n) is 15.6. The maximum Gasteiger partial charge on any atom is 0.324 e. The molecular weight excluding hydrogens is 372 g/mol. The number of ketones is 1. The van der Waals surface area contributed by atoms with E-state index in [9.17, 15) is 18.0 Å². The van der Waals surface area contributed by atoms with E-state index < -0.39 is 40.2 Å². The third-order valence-corrected chi connectivity index (χ3v) is 6.51. The van der Waals surface area contributed by atoms with Gasteiger partial charge in [0.2, 0.25) is 6.29 Å². The fourth-order valence-electron chi connectivity index (χ4n) is 2.91. The van der Waals surface area contributed by atoms with Gasteiger partial charge in [0.15, 0.2) is 0 Å². The Morgan fingerprint density at radius 2 is 1.89 bits per heavy atom. The minimum absolute atomic E-state index is 0.0391. The fourth-order valence-corrected chi connectivity index (χ4v) is 3.91. The molecule has 0 N–H and O–H groups in total. The molecule has 1 saturated carbocycles. The van der Waals surface area contributed by atoms with Crippen LogP contribution in [-0.2, 0) is 33.4 Å². The van der Waals surface area contributed by atoms with E-state index in [0.29, 0.717) is 12.3 Å². The summed E-state index contributed by atoms with van der Waals surface area (Å²) in [5.74, 6) is -0.827. The van der Waals surface area contributed by atoms with E-state index >= 15 is 0 Å². The van der Waals surface area contributed by atoms with Gasteiger partial charge in [-0.3, -0.25) is 13.8 Å². The molecular formula is C19H24O7S. The molecule has 3 rings (SSSR count). The molecule has 8 heteroatoms. The molecule has 148 valence electrons. The predicted molar refractivity (Wildman–Crippen MR) is 95.2 cm³/mol. The second kappa shape index (κ2) is 7.33. The highest BCUT2D eigenvalue weighted by atomic mass is 32.2. The highest BCUT2D eigenvalue weighted by Crippen LogP contribution is 2.43. The van der Waals surface area contributed by atoms with Crippen molar-refractivity contribution in [3.63, 3.8) is 0 Å². The largest absolute Gasteiger partial charge is 0.435 e. The first-order valence-electron chi connectivity index (χ1n) is 8.95. The molecule has 1 aliphatic carbocycles. The minimum atomic E-state index is -4.10. The number of rotatable bonds is 7. The number of ether oxygens (including phenoxy) is 2. The van der Waals surface area contributed by atoms with Gasteiger partial charge in [-0.1, -0.05) is 17.7 Å². The number of carbonyl (C=O) groups is 2. The van der Waals surface area contributed by atoms with Gasteiger partial charge in [-0.05, 0) is 51.7 Å². The van der Waals surface area contributed by atoms with Crippen LogP contribution in [-0.4, -0.2) is 39.2 Å². The van der Waals surface area contributed by atoms with Crippen molar-refractivity contribution in [1.82, 2.24) is 0 Å². The standard InChI is InChI=1S/C19H24O7S/c1-12-4-7-15(8-5-12)27(22,23)24-11-19(3,13(2)20)18(21)26-17-9-6-14-10-16(14)25-17/h4-5,7-8,14,16-17H,6,9-11H2,1-3H3. The first-order chi connectivity index (χ1) is 12.6. The average Bonchev–Trinajstić information content (AvgIpc) is 3.38. The lowest BCUT2D eigenvalue weighted by molar-refractivity contribution is -0.200. The molecule has 0 aromatic heterocycles. The Morgan fingerprint density at radius 3 is 2.48 bits per heavy atom. The summed E-state index contributed by atoms with van der Waals surface area (Å²) in [5, 5.41) is 0. The van der Waals surface area contributed by atoms with Crippen molar-refractivity contribution < 1.29 is 31.7 Å². The van der Waals surface area contributed by atoms with Gasteiger partial charge in [-0.25, -0.2) is 0 Å². The van der Waals surface area contributed by atoms with Crippen LogP contribution >= 0.6 is 0 Å². The molecule has 2 aliphatic rings. The van der Waals surface area contributed by atoms with Gasteiger partial charge in [0.25, 0.3) is 10.1 Å². The number of Topliss-reactive ketones (excluding diaryl/α,β-unsaturated/α-hetero) is 1. The fraction of sp³-hybridized carbons (Fsp3) is 0.579. The van der Waals surface area contributed by atoms with Gasteiger partial charge in [-0.2, -0.15) is 8.42 Å². The van der Waals surface area contributed by atoms with Crippen molar-refractivity contribution in [2.45, 2.75) is 57.3 Å². The van der Waals surface area contributed by atoms with Crippen LogP contribution in [0.3, 0.4) is 0 Å². The molecule has 1 saturated heterocycles. The van der Waals surface area contributed by atoms with Crippen molar-refractivity contribution in [2.75, 3.05) is 6.61 Å². The van der Waals surface area contributed by atoms with Crippen LogP contribution in [0.5, 0.6) is 0 Å². The van der Waals surface area contributed by atoms with Crippen LogP contribution in [0.25, 0.3) is 0 Å². The number of esters is 1. The Labute approximate surface area is 159 Å². The topological polar surface area (TPSA) is 96.0 Å². The van der Waals surface area contributed by atoms with E-state index in [1.807, 2.05) is 6.92 Å². The molecule has 1 aromatic rings. The second-order valence-electron chi connectivity index (χ2n) is 7.50. The van der Waals surface area contributed by atoms with Crippen LogP contribution in [0.15, 0.2) is 29.2 Å². The summed E-state index contributed by atoms with van der Waals surface area (Å²) in [5.41, 5.74) is -0.835. The molecule has 7 nitrogen and oxygen atoms in total. The Balaban J connectivity index is 1.67. The number of fused-ring (bicyclic) bond motifs is 1. The SMILES string of the molecule is CC(=O)C(C)(COS(=O)(=O)c1ccc(C)cc1)C(=O)OC1CCC2CC2O1. The third-order valence-electron chi connectivity index (χ3n) is 5.24. The van der Waals surface area contributed by atoms with E-state index in [1.54, 1.807) is 12.1 Å². The quantitative estimate of drug-likeness (QED) is 0.396. The lowest BCUT2D eigenvalue weighted by atomic mass is 9.87. The lowest BCUT2D eigenvalue weighted by Gasteiger charge is -2.28. The van der Waals surface area contributed by atoms with Crippen molar-refractivity contribution in [1.29, 1.82) is 0 Å². The highest BCUT2D eigenvalue weighted by molar-refractivity contribution is 7.86. The van der Waals surface area contributed by atoms with Crippen molar-refractivity contribution in [3.05, 3.63) is 29.8 Å². The monoisotopic (exact) mass is 396 g/mol. The van der Waals surface area contributed by atoms with Gasteiger partial charge in [0.1, 0.15) is 11.2 Å². The van der Waals surface area contributed by atoms with Crippen molar-refractivity contribution >= 4 is 21.9 Å². The number of hydrogen-bond donors (Lipinski definition) is 0. The van der Waals surface area contributed by atoms with Crippen molar-refractivity contribution in [2.24, 2.45) is 11.3 Å². The van der Waals surface area contributed by atoms with Gasteiger partial charge in [0.05, 0.1) is 17.6 Å². The Bertz CT molecular complexity index is 830. The van der Waals surface area contributed by atoms with Crippen LogP contribution in [0.4, 0.5) is 0 Å². The molecule has 2 fully saturated rings. The summed E-state index contributed by atoms with van der Waals surface area (Å²) in [4.78, 5) is 24.7. The van der Waals surface area contributed by atoms with Crippen LogP contribution < -0.4 is 0 Å². The summed E-state index contributed by atoms with van der Waals surface area (Å²) in [7, 11) is -4.10. The van der Waals surface area contributed by atoms with E-state index in [-0.39, 0.29) is 11.0 Å². The Morgan fingerprint density at radius 1 is 1.22 bits per heavy atom. The maximum atomic E-state index is 12.6. The normalized spacial score (nSPS) is 26.6. The Hall–Kier alpha value is -1.77. The Kier molecular flexibility index (Phi) is 5.42. The molecule has 1 aromatic carbocycles. The van der Waals surface area contributed by atoms with Crippen LogP contribution in [0.1, 0.15) is 38.7 Å². The number of benzene rings is 1. The number of aryl methyl sites for hydroxylation is 1. The maximum absolute atomic E-state index is 12.6. The molecule has 1 heterocycles. The van der Waals surface area contributed by atoms with Gasteiger partial charge >= 0.3 is 5.97 Å². The first kappa shape index (κ1) is 20.0. The number of carbonyl (C=O) groups excluding carboxylic acids is 2. The summed E-state index contributed by atoms with van der Waals surface area (Å²) < 4.78 is 40.7. The van der Waals surface area contributed by atoms with E-state index in [4.69, 9.17) is 13.7 Å². The predicted octanol–water partition coefficient (Wildman–Crippen LogP) is 2.36. The molecule has 1 aliphatic heterocycles. The molecule has 0 spiro atoms. The zero-order chi connectivity index (χ0) is 19.8. The summed E-state index contributed by atoms with van der Waals surface area (Å²) >= 11 is 0. The second-order valence-corrected chi connectivity index (χ2v) is 9.12. The average molecular weight is 396 g/mol. The lowest BCUT2D eigenvalue weighted by Crippen LogP contribution is -2.43. The van der Waals surface area contributed by atoms with Crippen LogP contribution in [0.2, 0.25) is 0 Å². The van der Waals surface area contributed by atoms with Gasteiger partial charge in [0, 0.05) is 6.42 Å². The smallest absolute Gasteiger partial charge is 0.324 e.